The number of hydrogen-bond acceptors (Lipinski definition) is 3. The Morgan fingerprint density at radius 2 is 2.15 bits per heavy atom. The lowest BCUT2D eigenvalue weighted by molar-refractivity contribution is 1.17. The Kier molecular flexibility index (Phi) is 7.84. The summed E-state index contributed by atoms with van der Waals surface area (Å²) in [5.74, 6) is 0.572. The molecule has 1 aromatic heterocycles. The van der Waals surface area contributed by atoms with Gasteiger partial charge in [-0.05, 0) is 18.6 Å². The molecule has 72 valence electrons. The number of pyridine rings is 1. The second-order valence-electron chi connectivity index (χ2n) is 2.37. The zero-order valence-corrected chi connectivity index (χ0v) is 7.98. The first-order valence-electron chi connectivity index (χ1n) is 4.32. The maximum absolute atomic E-state index is 5.25. The molecule has 13 heavy (non-hydrogen) atoms. The number of nitrogens with two attached hydrogens (primary N) is 2. The Balaban J connectivity index is 0.000000226. The van der Waals surface area contributed by atoms with Crippen LogP contribution in [-0.2, 0) is 0 Å². The van der Waals surface area contributed by atoms with Crippen LogP contribution >= 0.6 is 0 Å². The van der Waals surface area contributed by atoms with Crippen molar-refractivity contribution >= 4 is 5.82 Å². The van der Waals surface area contributed by atoms with Gasteiger partial charge in [-0.3, -0.25) is 0 Å². The average Bonchev–Trinajstić information content (AvgIpc) is 2.17. The first-order valence-corrected chi connectivity index (χ1v) is 4.32. The van der Waals surface area contributed by atoms with Crippen molar-refractivity contribution in [3.8, 4) is 0 Å². The summed E-state index contributed by atoms with van der Waals surface area (Å²) in [6.07, 6.45) is 6.77. The van der Waals surface area contributed by atoms with E-state index in [-0.39, 0.29) is 0 Å². The van der Waals surface area contributed by atoms with E-state index in [9.17, 15) is 0 Å². The van der Waals surface area contributed by atoms with E-state index in [2.05, 4.69) is 18.0 Å². The molecular formula is C10H17N3. The van der Waals surface area contributed by atoms with Gasteiger partial charge in [0.1, 0.15) is 5.82 Å². The molecule has 0 aliphatic rings. The fraction of sp³-hybridized carbons (Fsp3) is 0.300. The quantitative estimate of drug-likeness (QED) is 0.677. The molecule has 1 rings (SSSR count). The van der Waals surface area contributed by atoms with Gasteiger partial charge >= 0.3 is 0 Å². The summed E-state index contributed by atoms with van der Waals surface area (Å²) >= 11 is 0. The van der Waals surface area contributed by atoms with Gasteiger partial charge in [0, 0.05) is 12.7 Å². The van der Waals surface area contributed by atoms with Crippen LogP contribution in [0.1, 0.15) is 13.3 Å². The highest BCUT2D eigenvalue weighted by atomic mass is 14.8. The van der Waals surface area contributed by atoms with Crippen molar-refractivity contribution in [1.29, 1.82) is 0 Å². The standard InChI is InChI=1S/C5H6N2.C5H11N/c6-5-3-1-2-4-7-5;1-2-3-4-5-6/h1-4H,(H2,6,7);3-4H,2,5-6H2,1H3/b;4-3-. The van der Waals surface area contributed by atoms with Gasteiger partial charge in [-0.15, -0.1) is 0 Å². The van der Waals surface area contributed by atoms with Gasteiger partial charge in [-0.2, -0.15) is 0 Å². The largest absolute Gasteiger partial charge is 0.384 e. The van der Waals surface area contributed by atoms with Crippen molar-refractivity contribution in [2.45, 2.75) is 13.3 Å². The van der Waals surface area contributed by atoms with Crippen LogP contribution in [-0.4, -0.2) is 11.5 Å². The molecule has 3 heteroatoms. The van der Waals surface area contributed by atoms with Crippen LogP contribution in [0, 0.1) is 0 Å². The third-order valence-electron chi connectivity index (χ3n) is 1.23. The van der Waals surface area contributed by atoms with Crippen LogP contribution in [0.2, 0.25) is 0 Å². The highest BCUT2D eigenvalue weighted by Gasteiger charge is 1.73. The van der Waals surface area contributed by atoms with Crippen molar-refractivity contribution in [3.63, 3.8) is 0 Å². The van der Waals surface area contributed by atoms with Gasteiger partial charge in [0.15, 0.2) is 0 Å². The number of nitrogens with zero attached hydrogens (tertiary/aromatic N) is 1. The number of anilines is 1. The topological polar surface area (TPSA) is 64.9 Å². The molecule has 1 heterocycles. The predicted molar refractivity (Wildman–Crippen MR) is 57.1 cm³/mol. The molecule has 0 saturated carbocycles. The second-order valence-corrected chi connectivity index (χ2v) is 2.37. The smallest absolute Gasteiger partial charge is 0.123 e. The summed E-state index contributed by atoms with van der Waals surface area (Å²) < 4.78 is 0. The summed E-state index contributed by atoms with van der Waals surface area (Å²) in [4.78, 5) is 3.76. The molecular weight excluding hydrogens is 162 g/mol. The highest BCUT2D eigenvalue weighted by molar-refractivity contribution is 5.25. The van der Waals surface area contributed by atoms with Crippen molar-refractivity contribution in [2.75, 3.05) is 12.3 Å². The number of nitrogen functional groups attached to an aromatic ring is 1. The lowest BCUT2D eigenvalue weighted by Gasteiger charge is -1.82. The molecule has 0 atom stereocenters. The van der Waals surface area contributed by atoms with E-state index in [0.717, 1.165) is 6.42 Å². The van der Waals surface area contributed by atoms with Gasteiger partial charge in [0.2, 0.25) is 0 Å². The minimum Gasteiger partial charge on any atom is -0.384 e. The van der Waals surface area contributed by atoms with Crippen molar-refractivity contribution in [2.24, 2.45) is 5.73 Å². The van der Waals surface area contributed by atoms with E-state index in [1.54, 1.807) is 12.3 Å². The molecule has 0 saturated heterocycles. The second kappa shape index (κ2) is 8.74. The Hall–Kier alpha value is -1.35. The summed E-state index contributed by atoms with van der Waals surface area (Å²) in [6.45, 7) is 2.76. The third kappa shape index (κ3) is 8.56. The number of aromatic nitrogens is 1. The van der Waals surface area contributed by atoms with E-state index < -0.39 is 0 Å². The van der Waals surface area contributed by atoms with Gasteiger partial charge in [0.05, 0.1) is 0 Å². The fourth-order valence-corrected chi connectivity index (χ4v) is 0.639. The van der Waals surface area contributed by atoms with Gasteiger partial charge in [-0.1, -0.05) is 25.1 Å². The Bertz CT molecular complexity index is 213. The van der Waals surface area contributed by atoms with Crippen molar-refractivity contribution < 1.29 is 0 Å². The monoisotopic (exact) mass is 179 g/mol. The molecule has 0 bridgehead atoms. The SMILES string of the molecule is CC/C=C\CN.Nc1ccccn1. The van der Waals surface area contributed by atoms with E-state index in [1.807, 2.05) is 18.2 Å². The normalized spacial score (nSPS) is 9.38. The fourth-order valence-electron chi connectivity index (χ4n) is 0.639. The molecule has 0 unspecified atom stereocenters. The average molecular weight is 179 g/mol. The molecule has 0 amide bonds. The van der Waals surface area contributed by atoms with Crippen LogP contribution in [0.3, 0.4) is 0 Å². The molecule has 0 radical (unpaired) electrons. The van der Waals surface area contributed by atoms with Crippen molar-refractivity contribution in [1.82, 2.24) is 4.98 Å². The molecule has 0 fully saturated rings. The van der Waals surface area contributed by atoms with Crippen molar-refractivity contribution in [3.05, 3.63) is 36.5 Å². The van der Waals surface area contributed by atoms with Gasteiger partial charge in [0.25, 0.3) is 0 Å². The highest BCUT2D eigenvalue weighted by Crippen LogP contribution is 1.89. The minimum absolute atomic E-state index is 0.572. The lowest BCUT2D eigenvalue weighted by atomic mass is 10.4. The zero-order valence-electron chi connectivity index (χ0n) is 7.98. The predicted octanol–water partition coefficient (Wildman–Crippen LogP) is 1.58. The maximum Gasteiger partial charge on any atom is 0.123 e. The first-order chi connectivity index (χ1) is 6.31. The van der Waals surface area contributed by atoms with E-state index >= 15 is 0 Å². The summed E-state index contributed by atoms with van der Waals surface area (Å²) in [5, 5.41) is 0. The Labute approximate surface area is 79.5 Å². The minimum atomic E-state index is 0.572. The van der Waals surface area contributed by atoms with Crippen LogP contribution in [0.5, 0.6) is 0 Å². The van der Waals surface area contributed by atoms with Crippen LogP contribution in [0.15, 0.2) is 36.5 Å². The lowest BCUT2D eigenvalue weighted by Crippen LogP contribution is -1.91. The van der Waals surface area contributed by atoms with E-state index in [4.69, 9.17) is 11.5 Å². The first kappa shape index (κ1) is 11.6. The van der Waals surface area contributed by atoms with Crippen LogP contribution in [0.25, 0.3) is 0 Å². The number of rotatable bonds is 2. The summed E-state index contributed by atoms with van der Waals surface area (Å²) in [6, 6.07) is 5.43. The molecule has 0 aliphatic carbocycles. The summed E-state index contributed by atoms with van der Waals surface area (Å²) in [7, 11) is 0. The van der Waals surface area contributed by atoms with Gasteiger partial charge < -0.3 is 11.5 Å². The summed E-state index contributed by atoms with van der Waals surface area (Å²) in [5.41, 5.74) is 10.4. The molecule has 3 nitrogen and oxygen atoms in total. The molecule has 4 N–H and O–H groups in total. The Morgan fingerprint density at radius 3 is 2.38 bits per heavy atom. The zero-order chi connectivity index (χ0) is 9.94. The molecule has 0 aromatic carbocycles. The van der Waals surface area contributed by atoms with E-state index in [0.29, 0.717) is 12.4 Å². The van der Waals surface area contributed by atoms with E-state index in [1.165, 1.54) is 0 Å². The Morgan fingerprint density at radius 1 is 1.38 bits per heavy atom. The van der Waals surface area contributed by atoms with Crippen LogP contribution < -0.4 is 11.5 Å². The third-order valence-corrected chi connectivity index (χ3v) is 1.23. The number of allylic oxidation sites excluding steroid dienone is 1. The van der Waals surface area contributed by atoms with Crippen LogP contribution in [0.4, 0.5) is 5.82 Å². The maximum atomic E-state index is 5.25. The molecule has 1 aromatic rings. The van der Waals surface area contributed by atoms with Gasteiger partial charge in [-0.25, -0.2) is 4.98 Å². The molecule has 0 spiro atoms. The molecule has 0 aliphatic heterocycles. The number of hydrogen-bond donors (Lipinski definition) is 2.